The molecule has 0 fully saturated rings. The second kappa shape index (κ2) is 5.74. The molecule has 0 aromatic heterocycles. The summed E-state index contributed by atoms with van der Waals surface area (Å²) in [7, 11) is 0. The van der Waals surface area contributed by atoms with Gasteiger partial charge in [0.05, 0.1) is 0 Å². The lowest BCUT2D eigenvalue weighted by Gasteiger charge is -2.06. The lowest BCUT2D eigenvalue weighted by Crippen LogP contribution is -2.04. The average Bonchev–Trinajstić information content (AvgIpc) is 2.17. The summed E-state index contributed by atoms with van der Waals surface area (Å²) in [6.07, 6.45) is 0.349. The minimum absolute atomic E-state index is 0.0388. The van der Waals surface area contributed by atoms with E-state index in [9.17, 15) is 4.79 Å². The first-order valence-corrected chi connectivity index (χ1v) is 5.99. The molecule has 4 heteroatoms. The fraction of sp³-hybridized carbons (Fsp3) is 0.300. The number of hydrogen-bond acceptors (Lipinski definition) is 1. The van der Waals surface area contributed by atoms with Gasteiger partial charge < -0.3 is 0 Å². The molecule has 0 atom stereocenters. The summed E-state index contributed by atoms with van der Waals surface area (Å²) in [5.74, 6) is 0.703. The Morgan fingerprint density at radius 2 is 2.07 bits per heavy atom. The number of alkyl halides is 2. The molecule has 0 aliphatic rings. The van der Waals surface area contributed by atoms with Gasteiger partial charge in [-0.3, -0.25) is 4.79 Å². The van der Waals surface area contributed by atoms with Crippen LogP contribution in [0.25, 0.3) is 0 Å². The normalized spacial score (nSPS) is 10.2. The lowest BCUT2D eigenvalue weighted by atomic mass is 10.0. The van der Waals surface area contributed by atoms with Gasteiger partial charge in [-0.15, -0.1) is 23.2 Å². The molecule has 0 saturated heterocycles. The molecule has 0 aliphatic heterocycles. The van der Waals surface area contributed by atoms with Crippen molar-refractivity contribution in [2.75, 3.05) is 5.88 Å². The fourth-order valence-corrected chi connectivity index (χ4v) is 2.30. The maximum absolute atomic E-state index is 11.6. The quantitative estimate of drug-likeness (QED) is 0.606. The highest BCUT2D eigenvalue weighted by Gasteiger charge is 2.12. The van der Waals surface area contributed by atoms with Gasteiger partial charge in [-0.2, -0.15) is 0 Å². The summed E-state index contributed by atoms with van der Waals surface area (Å²) in [6, 6.07) is 5.47. The molecule has 1 aromatic carbocycles. The van der Waals surface area contributed by atoms with Crippen molar-refractivity contribution in [1.29, 1.82) is 0 Å². The molecule has 0 radical (unpaired) electrons. The third-order valence-corrected chi connectivity index (χ3v) is 3.07. The summed E-state index contributed by atoms with van der Waals surface area (Å²) >= 11 is 14.6. The third-order valence-electron chi connectivity index (χ3n) is 1.87. The van der Waals surface area contributed by atoms with E-state index in [0.29, 0.717) is 23.7 Å². The second-order valence-electron chi connectivity index (χ2n) is 2.76. The van der Waals surface area contributed by atoms with Crippen molar-refractivity contribution in [1.82, 2.24) is 0 Å². The Bertz CT molecular complexity index is 339. The van der Waals surface area contributed by atoms with E-state index in [2.05, 4.69) is 15.9 Å². The predicted molar refractivity (Wildman–Crippen MR) is 63.4 cm³/mol. The van der Waals surface area contributed by atoms with Crippen molar-refractivity contribution < 1.29 is 4.79 Å². The first kappa shape index (κ1) is 12.0. The number of Topliss-reactive ketones (excluding diaryl/α,β-unsaturated/α-hetero) is 1. The summed E-state index contributed by atoms with van der Waals surface area (Å²) in [4.78, 5) is 11.6. The molecule has 0 spiro atoms. The lowest BCUT2D eigenvalue weighted by molar-refractivity contribution is 0.0988. The number of ketones is 1. The molecular formula is C10H9BrCl2O. The van der Waals surface area contributed by atoms with Gasteiger partial charge in [0.15, 0.2) is 5.78 Å². The summed E-state index contributed by atoms with van der Waals surface area (Å²) < 4.78 is 0.868. The topological polar surface area (TPSA) is 17.1 Å². The Morgan fingerprint density at radius 3 is 2.64 bits per heavy atom. The zero-order valence-corrected chi connectivity index (χ0v) is 10.5. The number of benzene rings is 1. The van der Waals surface area contributed by atoms with E-state index in [4.69, 9.17) is 23.2 Å². The smallest absolute Gasteiger partial charge is 0.164 e. The van der Waals surface area contributed by atoms with E-state index >= 15 is 0 Å². The van der Waals surface area contributed by atoms with Crippen LogP contribution in [0.2, 0.25) is 0 Å². The van der Waals surface area contributed by atoms with E-state index in [1.165, 1.54) is 0 Å². The molecule has 0 bridgehead atoms. The second-order valence-corrected chi connectivity index (χ2v) is 4.26. The number of rotatable bonds is 4. The predicted octanol–water partition coefficient (Wildman–Crippen LogP) is 4.00. The summed E-state index contributed by atoms with van der Waals surface area (Å²) in [5, 5.41) is 0. The van der Waals surface area contributed by atoms with Crippen molar-refractivity contribution in [3.8, 4) is 0 Å². The van der Waals surface area contributed by atoms with Gasteiger partial charge in [0, 0.05) is 28.2 Å². The van der Waals surface area contributed by atoms with Crippen LogP contribution in [0.4, 0.5) is 0 Å². The number of hydrogen-bond donors (Lipinski definition) is 0. The Hall–Kier alpha value is -0.0500. The van der Waals surface area contributed by atoms with Crippen LogP contribution in [0.15, 0.2) is 22.7 Å². The zero-order valence-electron chi connectivity index (χ0n) is 7.40. The van der Waals surface area contributed by atoms with Crippen molar-refractivity contribution >= 4 is 44.9 Å². The maximum atomic E-state index is 11.6. The average molecular weight is 296 g/mol. The molecule has 0 unspecified atom stereocenters. The van der Waals surface area contributed by atoms with E-state index in [0.717, 1.165) is 10.0 Å². The standard InChI is InChI=1S/C10H9BrCl2O/c11-9-3-1-2-7(8(9)6-13)10(14)4-5-12/h1-3H,4-6H2. The molecule has 0 N–H and O–H groups in total. The summed E-state index contributed by atoms with van der Waals surface area (Å²) in [5.41, 5.74) is 1.50. The maximum Gasteiger partial charge on any atom is 0.164 e. The molecule has 0 amide bonds. The van der Waals surface area contributed by atoms with E-state index in [-0.39, 0.29) is 5.78 Å². The highest BCUT2D eigenvalue weighted by atomic mass is 79.9. The van der Waals surface area contributed by atoms with Gasteiger partial charge in [-0.1, -0.05) is 28.1 Å². The molecular weight excluding hydrogens is 287 g/mol. The largest absolute Gasteiger partial charge is 0.294 e. The molecule has 0 heterocycles. The minimum atomic E-state index is 0.0388. The van der Waals surface area contributed by atoms with Crippen LogP contribution < -0.4 is 0 Å². The van der Waals surface area contributed by atoms with Crippen LogP contribution in [0, 0.1) is 0 Å². The Labute approximate surface area is 102 Å². The van der Waals surface area contributed by atoms with Gasteiger partial charge in [0.1, 0.15) is 0 Å². The van der Waals surface area contributed by atoms with Gasteiger partial charge in [0.2, 0.25) is 0 Å². The highest BCUT2D eigenvalue weighted by Crippen LogP contribution is 2.23. The van der Waals surface area contributed by atoms with E-state index in [1.54, 1.807) is 6.07 Å². The van der Waals surface area contributed by atoms with Crippen molar-refractivity contribution in [3.05, 3.63) is 33.8 Å². The first-order valence-electron chi connectivity index (χ1n) is 4.13. The van der Waals surface area contributed by atoms with Crippen molar-refractivity contribution in [2.45, 2.75) is 12.3 Å². The van der Waals surface area contributed by atoms with E-state index < -0.39 is 0 Å². The number of carbonyl (C=O) groups excluding carboxylic acids is 1. The van der Waals surface area contributed by atoms with Crippen LogP contribution >= 0.6 is 39.1 Å². The Kier molecular flexibility index (Phi) is 4.93. The van der Waals surface area contributed by atoms with Crippen LogP contribution in [0.3, 0.4) is 0 Å². The molecule has 1 nitrogen and oxygen atoms in total. The number of halogens is 3. The highest BCUT2D eigenvalue weighted by molar-refractivity contribution is 9.10. The zero-order chi connectivity index (χ0) is 10.6. The third kappa shape index (κ3) is 2.72. The monoisotopic (exact) mass is 294 g/mol. The molecule has 14 heavy (non-hydrogen) atoms. The first-order chi connectivity index (χ1) is 6.70. The van der Waals surface area contributed by atoms with Crippen molar-refractivity contribution in [3.63, 3.8) is 0 Å². The Balaban J connectivity index is 3.07. The minimum Gasteiger partial charge on any atom is -0.294 e. The molecule has 0 saturated carbocycles. The van der Waals surface area contributed by atoms with Gasteiger partial charge in [-0.05, 0) is 11.6 Å². The van der Waals surface area contributed by atoms with Gasteiger partial charge in [-0.25, -0.2) is 0 Å². The van der Waals surface area contributed by atoms with Crippen molar-refractivity contribution in [2.24, 2.45) is 0 Å². The Morgan fingerprint density at radius 1 is 1.36 bits per heavy atom. The van der Waals surface area contributed by atoms with Crippen LogP contribution in [-0.2, 0) is 5.88 Å². The van der Waals surface area contributed by atoms with Crippen LogP contribution in [0.1, 0.15) is 22.3 Å². The molecule has 1 aromatic rings. The SMILES string of the molecule is O=C(CCCl)c1cccc(Br)c1CCl. The van der Waals surface area contributed by atoms with Gasteiger partial charge in [0.25, 0.3) is 0 Å². The van der Waals surface area contributed by atoms with Crippen LogP contribution in [0.5, 0.6) is 0 Å². The number of carbonyl (C=O) groups is 1. The van der Waals surface area contributed by atoms with E-state index in [1.807, 2.05) is 12.1 Å². The molecule has 76 valence electrons. The van der Waals surface area contributed by atoms with Gasteiger partial charge >= 0.3 is 0 Å². The summed E-state index contributed by atoms with van der Waals surface area (Å²) in [6.45, 7) is 0. The fourth-order valence-electron chi connectivity index (χ4n) is 1.18. The molecule has 0 aliphatic carbocycles. The van der Waals surface area contributed by atoms with Crippen LogP contribution in [-0.4, -0.2) is 11.7 Å². The molecule has 1 rings (SSSR count).